The summed E-state index contributed by atoms with van der Waals surface area (Å²) in [7, 11) is 3.09. The van der Waals surface area contributed by atoms with Gasteiger partial charge in [0.15, 0.2) is 11.5 Å². The van der Waals surface area contributed by atoms with Crippen molar-refractivity contribution < 1.29 is 14.3 Å². The van der Waals surface area contributed by atoms with E-state index < -0.39 is 0 Å². The first-order valence-corrected chi connectivity index (χ1v) is 8.70. The van der Waals surface area contributed by atoms with E-state index >= 15 is 0 Å². The van der Waals surface area contributed by atoms with Crippen molar-refractivity contribution in [3.05, 3.63) is 65.6 Å². The maximum Gasteiger partial charge on any atom is 0.275 e. The van der Waals surface area contributed by atoms with Crippen LogP contribution in [0, 0.1) is 13.8 Å². The van der Waals surface area contributed by atoms with Gasteiger partial charge in [-0.2, -0.15) is 0 Å². The van der Waals surface area contributed by atoms with Gasteiger partial charge in [-0.05, 0) is 43.2 Å². The molecule has 3 rings (SSSR count). The summed E-state index contributed by atoms with van der Waals surface area (Å²) in [4.78, 5) is 20.9. The first-order chi connectivity index (χ1) is 13.5. The van der Waals surface area contributed by atoms with Crippen molar-refractivity contribution >= 4 is 23.1 Å². The van der Waals surface area contributed by atoms with Gasteiger partial charge < -0.3 is 20.1 Å². The zero-order chi connectivity index (χ0) is 20.1. The molecule has 0 saturated heterocycles. The van der Waals surface area contributed by atoms with Crippen molar-refractivity contribution in [1.29, 1.82) is 0 Å². The Morgan fingerprint density at radius 3 is 2.39 bits per heavy atom. The summed E-state index contributed by atoms with van der Waals surface area (Å²) >= 11 is 0. The predicted octanol–water partition coefficient (Wildman–Crippen LogP) is 4.11. The second-order valence-electron chi connectivity index (χ2n) is 6.25. The van der Waals surface area contributed by atoms with Crippen LogP contribution < -0.4 is 20.1 Å². The van der Waals surface area contributed by atoms with E-state index in [9.17, 15) is 4.79 Å². The quantitative estimate of drug-likeness (QED) is 0.671. The first-order valence-electron chi connectivity index (χ1n) is 8.70. The van der Waals surface area contributed by atoms with Crippen LogP contribution in [-0.4, -0.2) is 30.1 Å². The fraction of sp³-hybridized carbons (Fsp3) is 0.190. The Labute approximate surface area is 163 Å². The minimum atomic E-state index is -0.363. The normalized spacial score (nSPS) is 10.3. The molecule has 0 atom stereocenters. The number of methoxy groups -OCH3 is 2. The lowest BCUT2D eigenvalue weighted by molar-refractivity contribution is 0.102. The number of carbonyl (C=O) groups excluding carboxylic acids is 1. The molecule has 0 saturated carbocycles. The Hall–Kier alpha value is -3.61. The Balaban J connectivity index is 1.71. The highest BCUT2D eigenvalue weighted by Crippen LogP contribution is 2.29. The molecule has 2 N–H and O–H groups in total. The number of ether oxygens (including phenoxy) is 2. The summed E-state index contributed by atoms with van der Waals surface area (Å²) in [6.45, 7) is 4.04. The molecule has 28 heavy (non-hydrogen) atoms. The smallest absolute Gasteiger partial charge is 0.275 e. The largest absolute Gasteiger partial charge is 0.493 e. The lowest BCUT2D eigenvalue weighted by Gasteiger charge is -2.11. The Morgan fingerprint density at radius 1 is 0.929 bits per heavy atom. The van der Waals surface area contributed by atoms with Crippen LogP contribution in [0.1, 0.15) is 21.6 Å². The van der Waals surface area contributed by atoms with Gasteiger partial charge in [0, 0.05) is 17.4 Å². The maximum atomic E-state index is 12.4. The Morgan fingerprint density at radius 2 is 1.71 bits per heavy atom. The number of anilines is 3. The molecule has 0 spiro atoms. The standard InChI is InChI=1S/C21H22N4O3/c1-13-5-6-14(2)16(9-13)25-20-12-22-17(11-23-20)21(26)24-15-7-8-18(27-3)19(10-15)28-4/h5-12H,1-4H3,(H,23,25)(H,24,26). The number of benzene rings is 2. The molecule has 144 valence electrons. The van der Waals surface area contributed by atoms with Gasteiger partial charge in [0.25, 0.3) is 5.91 Å². The predicted molar refractivity (Wildman–Crippen MR) is 109 cm³/mol. The molecule has 1 aromatic heterocycles. The topological polar surface area (TPSA) is 85.4 Å². The molecule has 7 nitrogen and oxygen atoms in total. The van der Waals surface area contributed by atoms with Crippen LogP contribution in [0.3, 0.4) is 0 Å². The van der Waals surface area contributed by atoms with Gasteiger partial charge in [-0.15, -0.1) is 0 Å². The number of aryl methyl sites for hydroxylation is 2. The van der Waals surface area contributed by atoms with Gasteiger partial charge in [0.2, 0.25) is 0 Å². The zero-order valence-electron chi connectivity index (χ0n) is 16.2. The molecule has 0 aliphatic carbocycles. The van der Waals surface area contributed by atoms with Crippen LogP contribution in [0.15, 0.2) is 48.8 Å². The van der Waals surface area contributed by atoms with Crippen molar-refractivity contribution in [1.82, 2.24) is 9.97 Å². The van der Waals surface area contributed by atoms with E-state index in [0.29, 0.717) is 23.0 Å². The van der Waals surface area contributed by atoms with E-state index in [2.05, 4.69) is 20.6 Å². The average Bonchev–Trinajstić information content (AvgIpc) is 2.71. The number of rotatable bonds is 6. The summed E-state index contributed by atoms with van der Waals surface area (Å²) in [5, 5.41) is 5.99. The number of nitrogens with zero attached hydrogens (tertiary/aromatic N) is 2. The van der Waals surface area contributed by atoms with E-state index in [1.807, 2.05) is 32.0 Å². The van der Waals surface area contributed by atoms with Crippen molar-refractivity contribution in [2.24, 2.45) is 0 Å². The second-order valence-corrected chi connectivity index (χ2v) is 6.25. The molecule has 7 heteroatoms. The zero-order valence-corrected chi connectivity index (χ0v) is 16.2. The summed E-state index contributed by atoms with van der Waals surface area (Å²) in [5.74, 6) is 1.32. The van der Waals surface area contributed by atoms with E-state index in [0.717, 1.165) is 16.8 Å². The number of hydrogen-bond acceptors (Lipinski definition) is 6. The summed E-state index contributed by atoms with van der Waals surface area (Å²) < 4.78 is 10.4. The van der Waals surface area contributed by atoms with Crippen molar-refractivity contribution in [3.63, 3.8) is 0 Å². The SMILES string of the molecule is COc1ccc(NC(=O)c2cnc(Nc3cc(C)ccc3C)cn2)cc1OC. The molecule has 0 aliphatic heterocycles. The summed E-state index contributed by atoms with van der Waals surface area (Å²) in [5.41, 5.74) is 3.98. The number of amides is 1. The molecular formula is C21H22N4O3. The van der Waals surface area contributed by atoms with E-state index in [4.69, 9.17) is 9.47 Å². The third-order valence-corrected chi connectivity index (χ3v) is 4.18. The van der Waals surface area contributed by atoms with Crippen LogP contribution in [0.2, 0.25) is 0 Å². The number of carbonyl (C=O) groups is 1. The monoisotopic (exact) mass is 378 g/mol. The Kier molecular flexibility index (Phi) is 5.74. The van der Waals surface area contributed by atoms with Crippen molar-refractivity contribution in [2.75, 3.05) is 24.9 Å². The fourth-order valence-electron chi connectivity index (χ4n) is 2.63. The van der Waals surface area contributed by atoms with Crippen molar-refractivity contribution in [3.8, 4) is 11.5 Å². The van der Waals surface area contributed by atoms with E-state index in [1.54, 1.807) is 25.3 Å². The van der Waals surface area contributed by atoms with Crippen LogP contribution in [0.5, 0.6) is 11.5 Å². The second kappa shape index (κ2) is 8.39. The van der Waals surface area contributed by atoms with Gasteiger partial charge in [-0.25, -0.2) is 9.97 Å². The minimum absolute atomic E-state index is 0.210. The number of hydrogen-bond donors (Lipinski definition) is 2. The fourth-order valence-corrected chi connectivity index (χ4v) is 2.63. The Bertz CT molecular complexity index is 987. The highest BCUT2D eigenvalue weighted by Gasteiger charge is 2.11. The molecular weight excluding hydrogens is 356 g/mol. The maximum absolute atomic E-state index is 12.4. The van der Waals surface area contributed by atoms with Crippen LogP contribution in [-0.2, 0) is 0 Å². The third kappa shape index (κ3) is 4.37. The number of aromatic nitrogens is 2. The first kappa shape index (κ1) is 19.2. The van der Waals surface area contributed by atoms with E-state index in [-0.39, 0.29) is 11.6 Å². The third-order valence-electron chi connectivity index (χ3n) is 4.18. The van der Waals surface area contributed by atoms with Gasteiger partial charge in [0.05, 0.1) is 26.6 Å². The molecule has 0 unspecified atom stereocenters. The van der Waals surface area contributed by atoms with Gasteiger partial charge >= 0.3 is 0 Å². The molecule has 0 fully saturated rings. The molecule has 3 aromatic rings. The lowest BCUT2D eigenvalue weighted by Crippen LogP contribution is -2.14. The van der Waals surface area contributed by atoms with E-state index in [1.165, 1.54) is 19.5 Å². The molecule has 1 amide bonds. The van der Waals surface area contributed by atoms with Gasteiger partial charge in [-0.3, -0.25) is 4.79 Å². The van der Waals surface area contributed by atoms with Crippen LogP contribution >= 0.6 is 0 Å². The lowest BCUT2D eigenvalue weighted by atomic mass is 10.1. The van der Waals surface area contributed by atoms with Crippen LogP contribution in [0.25, 0.3) is 0 Å². The average molecular weight is 378 g/mol. The van der Waals surface area contributed by atoms with Crippen molar-refractivity contribution in [2.45, 2.75) is 13.8 Å². The minimum Gasteiger partial charge on any atom is -0.493 e. The van der Waals surface area contributed by atoms with Gasteiger partial charge in [0.1, 0.15) is 11.5 Å². The highest BCUT2D eigenvalue weighted by molar-refractivity contribution is 6.02. The number of nitrogens with one attached hydrogen (secondary N) is 2. The molecule has 1 heterocycles. The molecule has 2 aromatic carbocycles. The van der Waals surface area contributed by atoms with Crippen LogP contribution in [0.4, 0.5) is 17.2 Å². The summed E-state index contributed by atoms with van der Waals surface area (Å²) in [6, 6.07) is 11.2. The molecule has 0 radical (unpaired) electrons. The molecule has 0 bridgehead atoms. The highest BCUT2D eigenvalue weighted by atomic mass is 16.5. The van der Waals surface area contributed by atoms with Gasteiger partial charge in [-0.1, -0.05) is 12.1 Å². The molecule has 0 aliphatic rings. The summed E-state index contributed by atoms with van der Waals surface area (Å²) in [6.07, 6.45) is 2.97.